The zero-order chi connectivity index (χ0) is 25.9. The summed E-state index contributed by atoms with van der Waals surface area (Å²) in [5, 5.41) is 0. The van der Waals surface area contributed by atoms with Crippen molar-refractivity contribution in [2.24, 2.45) is 28.6 Å². The van der Waals surface area contributed by atoms with Gasteiger partial charge in [-0.15, -0.1) is 0 Å². The van der Waals surface area contributed by atoms with E-state index in [4.69, 9.17) is 11.3 Å². The monoisotopic (exact) mass is 569 g/mol. The van der Waals surface area contributed by atoms with Gasteiger partial charge in [-0.25, -0.2) is 15.0 Å². The fourth-order valence-corrected chi connectivity index (χ4v) is 10.3. The van der Waals surface area contributed by atoms with Crippen LogP contribution in [0.15, 0.2) is 58.5 Å². The van der Waals surface area contributed by atoms with Crippen molar-refractivity contribution in [1.29, 1.82) is 0 Å². The van der Waals surface area contributed by atoms with E-state index in [9.17, 15) is 8.42 Å². The minimum Gasteiger partial charge on any atom is -0.496 e. The SMILES string of the molecule is [C-]#[N+]C(C1=CC[C@H]2[C@@H]3CC=C4C=CCC[C@]4(C)[C@H]3CC[C@]12C)C(Br)S(=O)(=O)c1ccc(C)c(OC)c1. The number of rotatable bonds is 5. The maximum Gasteiger partial charge on any atom is 0.272 e. The van der Waals surface area contributed by atoms with Crippen LogP contribution in [-0.2, 0) is 9.84 Å². The van der Waals surface area contributed by atoms with Crippen molar-refractivity contribution in [3.63, 3.8) is 0 Å². The fraction of sp³-hybridized carbons (Fsp3) is 0.567. The number of sulfone groups is 1. The van der Waals surface area contributed by atoms with Crippen LogP contribution in [0.3, 0.4) is 0 Å². The van der Waals surface area contributed by atoms with Gasteiger partial charge in [-0.05, 0) is 97.3 Å². The van der Waals surface area contributed by atoms with Crippen LogP contribution in [0.1, 0.15) is 57.9 Å². The Morgan fingerprint density at radius 1 is 1.14 bits per heavy atom. The summed E-state index contributed by atoms with van der Waals surface area (Å²) >= 11 is 3.50. The van der Waals surface area contributed by atoms with E-state index in [-0.39, 0.29) is 15.7 Å². The first-order valence-electron chi connectivity index (χ1n) is 13.0. The van der Waals surface area contributed by atoms with Gasteiger partial charge in [0.05, 0.1) is 12.0 Å². The summed E-state index contributed by atoms with van der Waals surface area (Å²) in [5.74, 6) is 2.23. The van der Waals surface area contributed by atoms with Gasteiger partial charge in [0.15, 0.2) is 14.0 Å². The topological polar surface area (TPSA) is 47.7 Å². The third-order valence-corrected chi connectivity index (χ3v) is 13.7. The van der Waals surface area contributed by atoms with E-state index in [1.165, 1.54) is 12.0 Å². The third kappa shape index (κ3) is 3.76. The molecule has 0 N–H and O–H groups in total. The molecule has 5 rings (SSSR count). The maximum absolute atomic E-state index is 13.7. The molecule has 0 bridgehead atoms. The average Bonchev–Trinajstić information content (AvgIpc) is 3.21. The molecule has 0 heterocycles. The molecule has 1 aromatic rings. The summed E-state index contributed by atoms with van der Waals surface area (Å²) in [6.07, 6.45) is 15.9. The maximum atomic E-state index is 13.7. The number of nitrogens with zero attached hydrogens (tertiary/aromatic N) is 1. The summed E-state index contributed by atoms with van der Waals surface area (Å²) in [7, 11) is -2.24. The molecule has 192 valence electrons. The van der Waals surface area contributed by atoms with Gasteiger partial charge in [0.2, 0.25) is 0 Å². The predicted molar refractivity (Wildman–Crippen MR) is 148 cm³/mol. The predicted octanol–water partition coefficient (Wildman–Crippen LogP) is 7.45. The lowest BCUT2D eigenvalue weighted by Gasteiger charge is -2.56. The van der Waals surface area contributed by atoms with Gasteiger partial charge in [0.1, 0.15) is 5.75 Å². The smallest absolute Gasteiger partial charge is 0.272 e. The number of fused-ring (bicyclic) bond motifs is 5. The summed E-state index contributed by atoms with van der Waals surface area (Å²) in [6.45, 7) is 14.7. The van der Waals surface area contributed by atoms with Crippen LogP contribution in [0.25, 0.3) is 4.85 Å². The van der Waals surface area contributed by atoms with Crippen molar-refractivity contribution < 1.29 is 13.2 Å². The lowest BCUT2D eigenvalue weighted by atomic mass is 9.48. The molecule has 0 aromatic heterocycles. The van der Waals surface area contributed by atoms with Crippen molar-refractivity contribution in [3.8, 4) is 5.75 Å². The normalized spacial score (nSPS) is 34.8. The molecule has 7 atom stereocenters. The number of hydrogen-bond donors (Lipinski definition) is 0. The first kappa shape index (κ1) is 25.8. The number of methoxy groups -OCH3 is 1. The molecule has 4 aliphatic rings. The lowest BCUT2D eigenvalue weighted by Crippen LogP contribution is -2.49. The fourth-order valence-electron chi connectivity index (χ4n) is 7.90. The minimum atomic E-state index is -3.79. The average molecular weight is 571 g/mol. The van der Waals surface area contributed by atoms with Crippen molar-refractivity contribution in [1.82, 2.24) is 0 Å². The zero-order valence-corrected chi connectivity index (χ0v) is 24.0. The standard InChI is InChI=1S/C30H36BrNO3S/c1-19-9-11-21(18-26(19)35-5)36(33,34)28(31)27(32-4)25-14-13-23-22-12-10-20-8-6-7-16-29(20,2)24(22)15-17-30(23,25)3/h6,8-11,14,18,22-24,27-28H,7,12-13,15-17H2,1-3,5H3/t22-,23-,24-,27?,28?,29-,30-/m0/s1. The summed E-state index contributed by atoms with van der Waals surface area (Å²) in [5.41, 5.74) is 3.52. The highest BCUT2D eigenvalue weighted by molar-refractivity contribution is 9.11. The van der Waals surface area contributed by atoms with Gasteiger partial charge < -0.3 is 9.58 Å². The van der Waals surface area contributed by atoms with E-state index < -0.39 is 20.0 Å². The van der Waals surface area contributed by atoms with E-state index in [0.29, 0.717) is 23.5 Å². The molecular formula is C30H36BrNO3S. The molecule has 1 aromatic carbocycles. The van der Waals surface area contributed by atoms with Crippen molar-refractivity contribution in [3.05, 3.63) is 70.6 Å². The molecule has 0 spiro atoms. The zero-order valence-electron chi connectivity index (χ0n) is 21.6. The second-order valence-electron chi connectivity index (χ2n) is 11.6. The molecule has 1 fully saturated rings. The van der Waals surface area contributed by atoms with Gasteiger partial charge in [0, 0.05) is 5.57 Å². The van der Waals surface area contributed by atoms with Gasteiger partial charge in [0.25, 0.3) is 6.04 Å². The summed E-state index contributed by atoms with van der Waals surface area (Å²) < 4.78 is 31.7. The Kier molecular flexibility index (Phi) is 6.57. The molecule has 36 heavy (non-hydrogen) atoms. The Morgan fingerprint density at radius 2 is 1.92 bits per heavy atom. The van der Waals surface area contributed by atoms with Crippen LogP contribution in [0.4, 0.5) is 0 Å². The second kappa shape index (κ2) is 9.17. The van der Waals surface area contributed by atoms with Gasteiger partial charge in [-0.1, -0.05) is 60.1 Å². The highest BCUT2D eigenvalue weighted by Gasteiger charge is 2.59. The van der Waals surface area contributed by atoms with Crippen molar-refractivity contribution in [2.45, 2.75) is 74.4 Å². The Labute approximate surface area is 224 Å². The second-order valence-corrected chi connectivity index (χ2v) is 15.2. The number of aryl methyl sites for hydroxylation is 1. The number of hydrogen-bond acceptors (Lipinski definition) is 3. The highest BCUT2D eigenvalue weighted by Crippen LogP contribution is 2.65. The molecule has 0 amide bonds. The van der Waals surface area contributed by atoms with Crippen LogP contribution in [0, 0.1) is 42.1 Å². The Bertz CT molecular complexity index is 1310. The Morgan fingerprint density at radius 3 is 2.64 bits per heavy atom. The third-order valence-electron chi connectivity index (χ3n) is 10.0. The largest absolute Gasteiger partial charge is 0.496 e. The number of allylic oxidation sites excluding steroid dienone is 5. The van der Waals surface area contributed by atoms with Crippen LogP contribution < -0.4 is 4.74 Å². The molecule has 0 radical (unpaired) electrons. The molecular weight excluding hydrogens is 534 g/mol. The molecule has 4 nitrogen and oxygen atoms in total. The first-order valence-corrected chi connectivity index (χ1v) is 15.5. The first-order chi connectivity index (χ1) is 17.1. The van der Waals surface area contributed by atoms with Crippen LogP contribution in [0.2, 0.25) is 0 Å². The number of alkyl halides is 1. The summed E-state index contributed by atoms with van der Waals surface area (Å²) in [4.78, 5) is 4.13. The number of benzene rings is 1. The van der Waals surface area contributed by atoms with E-state index >= 15 is 0 Å². The van der Waals surface area contributed by atoms with Crippen LogP contribution in [-0.4, -0.2) is 25.7 Å². The number of halogens is 1. The van der Waals surface area contributed by atoms with Gasteiger partial charge in [-0.3, -0.25) is 0 Å². The summed E-state index contributed by atoms with van der Waals surface area (Å²) in [6, 6.07) is 4.20. The van der Waals surface area contributed by atoms with Crippen LogP contribution in [0.5, 0.6) is 5.75 Å². The van der Waals surface area contributed by atoms with E-state index in [2.05, 4.69) is 58.9 Å². The van der Waals surface area contributed by atoms with Crippen molar-refractivity contribution >= 4 is 25.8 Å². The molecule has 0 saturated heterocycles. The lowest BCUT2D eigenvalue weighted by molar-refractivity contribution is -0.0102. The minimum absolute atomic E-state index is 0.144. The van der Waals surface area contributed by atoms with E-state index in [1.807, 2.05) is 6.92 Å². The van der Waals surface area contributed by atoms with E-state index in [1.54, 1.807) is 25.3 Å². The Balaban J connectivity index is 1.44. The van der Waals surface area contributed by atoms with Gasteiger partial charge >= 0.3 is 0 Å². The molecule has 2 unspecified atom stereocenters. The van der Waals surface area contributed by atoms with Crippen molar-refractivity contribution in [2.75, 3.05) is 7.11 Å². The molecule has 0 aliphatic heterocycles. The molecule has 1 saturated carbocycles. The molecule has 6 heteroatoms. The van der Waals surface area contributed by atoms with Gasteiger partial charge in [-0.2, -0.15) is 0 Å². The Hall–Kier alpha value is -1.84. The number of ether oxygens (including phenoxy) is 1. The van der Waals surface area contributed by atoms with E-state index in [0.717, 1.165) is 43.2 Å². The van der Waals surface area contributed by atoms with Crippen LogP contribution >= 0.6 is 15.9 Å². The quantitative estimate of drug-likeness (QED) is 0.210. The highest BCUT2D eigenvalue weighted by atomic mass is 79.9. The molecule has 4 aliphatic carbocycles.